The van der Waals surface area contributed by atoms with E-state index in [1.807, 2.05) is 0 Å². The molecule has 0 aliphatic heterocycles. The monoisotopic (exact) mass is 208 g/mol. The quantitative estimate of drug-likeness (QED) is 0.595. The van der Waals surface area contributed by atoms with Crippen molar-refractivity contribution in [1.82, 2.24) is 0 Å². The van der Waals surface area contributed by atoms with E-state index in [4.69, 9.17) is 16.7 Å². The minimum atomic E-state index is 0.0488. The highest BCUT2D eigenvalue weighted by Gasteiger charge is 1.98. The van der Waals surface area contributed by atoms with Gasteiger partial charge in [0.25, 0.3) is 0 Å². The molecular formula is C11H9ClO2. The summed E-state index contributed by atoms with van der Waals surface area (Å²) in [5, 5.41) is 8.91. The van der Waals surface area contributed by atoms with Crippen molar-refractivity contribution in [3.05, 3.63) is 34.3 Å². The average Bonchev–Trinajstić information content (AvgIpc) is 2.18. The molecule has 0 heterocycles. The molecule has 0 saturated heterocycles. The number of hydrogen-bond acceptors (Lipinski definition) is 2. The third-order valence-corrected chi connectivity index (χ3v) is 1.92. The summed E-state index contributed by atoms with van der Waals surface area (Å²) >= 11 is 5.79. The number of benzene rings is 1. The first-order chi connectivity index (χ1) is 6.77. The van der Waals surface area contributed by atoms with Gasteiger partial charge in [-0.1, -0.05) is 23.4 Å². The van der Waals surface area contributed by atoms with Gasteiger partial charge in [0.2, 0.25) is 0 Å². The van der Waals surface area contributed by atoms with Crippen molar-refractivity contribution in [2.75, 3.05) is 6.61 Å². The molecular weight excluding hydrogens is 200 g/mol. The maximum Gasteiger partial charge on any atom is 0.151 e. The van der Waals surface area contributed by atoms with Crippen LogP contribution in [0.2, 0.25) is 5.02 Å². The lowest BCUT2D eigenvalue weighted by atomic mass is 10.1. The highest BCUT2D eigenvalue weighted by molar-refractivity contribution is 6.33. The molecule has 0 aliphatic rings. The Morgan fingerprint density at radius 2 is 2.29 bits per heavy atom. The molecule has 0 radical (unpaired) electrons. The normalized spacial score (nSPS) is 9.00. The van der Waals surface area contributed by atoms with Crippen LogP contribution in [0.4, 0.5) is 0 Å². The Morgan fingerprint density at radius 3 is 2.86 bits per heavy atom. The average molecular weight is 209 g/mol. The number of aldehydes is 1. The minimum absolute atomic E-state index is 0.0488. The molecule has 1 aromatic carbocycles. The molecule has 0 aliphatic carbocycles. The van der Waals surface area contributed by atoms with Crippen molar-refractivity contribution in [3.8, 4) is 11.8 Å². The topological polar surface area (TPSA) is 37.3 Å². The minimum Gasteiger partial charge on any atom is -0.395 e. The summed E-state index contributed by atoms with van der Waals surface area (Å²) in [6, 6.07) is 4.98. The first-order valence-electron chi connectivity index (χ1n) is 4.12. The van der Waals surface area contributed by atoms with Crippen LogP contribution in [0.15, 0.2) is 18.2 Å². The lowest BCUT2D eigenvalue weighted by Crippen LogP contribution is -1.83. The van der Waals surface area contributed by atoms with Gasteiger partial charge in [0.15, 0.2) is 6.29 Å². The number of rotatable bonds is 2. The van der Waals surface area contributed by atoms with Gasteiger partial charge in [0.1, 0.15) is 0 Å². The third-order valence-electron chi connectivity index (χ3n) is 1.60. The molecule has 0 amide bonds. The van der Waals surface area contributed by atoms with Crippen LogP contribution >= 0.6 is 11.6 Å². The van der Waals surface area contributed by atoms with Crippen LogP contribution in [0.5, 0.6) is 0 Å². The van der Waals surface area contributed by atoms with E-state index in [0.29, 0.717) is 23.3 Å². The van der Waals surface area contributed by atoms with E-state index in [1.165, 1.54) is 0 Å². The molecule has 1 aromatic rings. The maximum absolute atomic E-state index is 10.4. The van der Waals surface area contributed by atoms with Gasteiger partial charge >= 0.3 is 0 Å². The van der Waals surface area contributed by atoms with Crippen molar-refractivity contribution >= 4 is 17.9 Å². The SMILES string of the molecule is O=Cc1ccc(C#CCCO)cc1Cl. The molecule has 0 bridgehead atoms. The molecule has 0 saturated carbocycles. The van der Waals surface area contributed by atoms with E-state index in [1.54, 1.807) is 18.2 Å². The molecule has 1 rings (SSSR count). The van der Waals surface area contributed by atoms with Crippen molar-refractivity contribution < 1.29 is 9.90 Å². The zero-order valence-corrected chi connectivity index (χ0v) is 8.21. The van der Waals surface area contributed by atoms with E-state index >= 15 is 0 Å². The summed E-state index contributed by atoms with van der Waals surface area (Å²) in [4.78, 5) is 10.4. The lowest BCUT2D eigenvalue weighted by molar-refractivity contribution is 0.112. The zero-order chi connectivity index (χ0) is 10.4. The van der Waals surface area contributed by atoms with Gasteiger partial charge in [-0.15, -0.1) is 0 Å². The van der Waals surface area contributed by atoms with Crippen molar-refractivity contribution in [2.45, 2.75) is 6.42 Å². The molecule has 1 N–H and O–H groups in total. The number of aliphatic hydroxyl groups is 1. The van der Waals surface area contributed by atoms with Crippen LogP contribution in [-0.2, 0) is 0 Å². The molecule has 3 heteroatoms. The second-order valence-electron chi connectivity index (χ2n) is 2.63. The standard InChI is InChI=1S/C11H9ClO2/c12-11-7-9(3-1-2-6-13)4-5-10(11)8-14/h4-5,7-8,13H,2,6H2. The van der Waals surface area contributed by atoms with Crippen LogP contribution < -0.4 is 0 Å². The lowest BCUT2D eigenvalue weighted by Gasteiger charge is -1.95. The highest BCUT2D eigenvalue weighted by atomic mass is 35.5. The molecule has 0 unspecified atom stereocenters. The second-order valence-corrected chi connectivity index (χ2v) is 3.04. The number of hydrogen-bond donors (Lipinski definition) is 1. The van der Waals surface area contributed by atoms with E-state index in [0.717, 1.165) is 5.56 Å². The van der Waals surface area contributed by atoms with E-state index in [2.05, 4.69) is 11.8 Å². The van der Waals surface area contributed by atoms with Crippen LogP contribution in [0.1, 0.15) is 22.3 Å². The highest BCUT2D eigenvalue weighted by Crippen LogP contribution is 2.15. The number of carbonyl (C=O) groups is 1. The van der Waals surface area contributed by atoms with Crippen molar-refractivity contribution in [2.24, 2.45) is 0 Å². The molecule has 14 heavy (non-hydrogen) atoms. The fraction of sp³-hybridized carbons (Fsp3) is 0.182. The summed E-state index contributed by atoms with van der Waals surface area (Å²) in [5.74, 6) is 5.60. The summed E-state index contributed by atoms with van der Waals surface area (Å²) in [6.45, 7) is 0.0488. The van der Waals surface area contributed by atoms with E-state index < -0.39 is 0 Å². The Labute approximate surface area is 87.5 Å². The van der Waals surface area contributed by atoms with E-state index in [9.17, 15) is 4.79 Å². The summed E-state index contributed by atoms with van der Waals surface area (Å²) in [7, 11) is 0. The smallest absolute Gasteiger partial charge is 0.151 e. The molecule has 0 spiro atoms. The number of aliphatic hydroxyl groups excluding tert-OH is 1. The van der Waals surface area contributed by atoms with Crippen molar-refractivity contribution in [1.29, 1.82) is 0 Å². The first-order valence-corrected chi connectivity index (χ1v) is 4.50. The summed E-state index contributed by atoms with van der Waals surface area (Å²) < 4.78 is 0. The largest absolute Gasteiger partial charge is 0.395 e. The van der Waals surface area contributed by atoms with E-state index in [-0.39, 0.29) is 6.61 Å². The van der Waals surface area contributed by atoms with Gasteiger partial charge in [-0.05, 0) is 18.2 Å². The van der Waals surface area contributed by atoms with Gasteiger partial charge in [0, 0.05) is 17.5 Å². The molecule has 72 valence electrons. The fourth-order valence-electron chi connectivity index (χ4n) is 0.921. The van der Waals surface area contributed by atoms with Gasteiger partial charge in [-0.25, -0.2) is 0 Å². The summed E-state index contributed by atoms with van der Waals surface area (Å²) in [6.07, 6.45) is 1.14. The van der Waals surface area contributed by atoms with Gasteiger partial charge in [-0.3, -0.25) is 4.79 Å². The zero-order valence-electron chi connectivity index (χ0n) is 7.46. The molecule has 0 fully saturated rings. The molecule has 2 nitrogen and oxygen atoms in total. The van der Waals surface area contributed by atoms with Gasteiger partial charge < -0.3 is 5.11 Å². The fourth-order valence-corrected chi connectivity index (χ4v) is 1.15. The number of carbonyl (C=O) groups excluding carboxylic acids is 1. The van der Waals surface area contributed by atoms with Crippen LogP contribution in [0, 0.1) is 11.8 Å². The second kappa shape index (κ2) is 5.43. The van der Waals surface area contributed by atoms with Crippen LogP contribution in [0.25, 0.3) is 0 Å². The van der Waals surface area contributed by atoms with Crippen LogP contribution in [-0.4, -0.2) is 18.0 Å². The Hall–Kier alpha value is -1.30. The Morgan fingerprint density at radius 1 is 1.50 bits per heavy atom. The predicted molar refractivity (Wildman–Crippen MR) is 55.4 cm³/mol. The van der Waals surface area contributed by atoms with Crippen molar-refractivity contribution in [3.63, 3.8) is 0 Å². The Bertz CT molecular complexity index is 388. The Kier molecular flexibility index (Phi) is 4.18. The summed E-state index contributed by atoms with van der Waals surface area (Å²) in [5.41, 5.74) is 1.20. The first kappa shape index (κ1) is 10.8. The predicted octanol–water partition coefficient (Wildman–Crippen LogP) is 1.89. The molecule has 0 atom stereocenters. The van der Waals surface area contributed by atoms with Gasteiger partial charge in [0.05, 0.1) is 11.6 Å². The maximum atomic E-state index is 10.4. The van der Waals surface area contributed by atoms with Gasteiger partial charge in [-0.2, -0.15) is 0 Å². The Balaban J connectivity index is 2.88. The van der Waals surface area contributed by atoms with Crippen LogP contribution in [0.3, 0.4) is 0 Å². The third kappa shape index (κ3) is 2.88. The number of halogens is 1. The molecule has 0 aromatic heterocycles.